The lowest BCUT2D eigenvalue weighted by atomic mass is 10.2. The van der Waals surface area contributed by atoms with Crippen molar-refractivity contribution in [1.29, 1.82) is 0 Å². The Labute approximate surface area is 93.6 Å². The van der Waals surface area contributed by atoms with Crippen LogP contribution >= 0.6 is 15.9 Å². The number of hydrogen-bond donors (Lipinski definition) is 0. The lowest BCUT2D eigenvalue weighted by Gasteiger charge is -2.06. The van der Waals surface area contributed by atoms with Crippen LogP contribution in [0.15, 0.2) is 24.3 Å². The highest BCUT2D eigenvalue weighted by atomic mass is 79.9. The molecule has 1 fully saturated rings. The molecule has 1 nitrogen and oxygen atoms in total. The van der Waals surface area contributed by atoms with Crippen LogP contribution < -0.4 is 4.74 Å². The summed E-state index contributed by atoms with van der Waals surface area (Å²) in [5.74, 6) is 1.96. The summed E-state index contributed by atoms with van der Waals surface area (Å²) < 4.78 is 5.68. The molecule has 0 aromatic heterocycles. The van der Waals surface area contributed by atoms with Crippen LogP contribution in [-0.2, 0) is 5.33 Å². The van der Waals surface area contributed by atoms with Gasteiger partial charge in [0.15, 0.2) is 0 Å². The van der Waals surface area contributed by atoms with E-state index in [1.165, 1.54) is 24.8 Å². The Kier molecular flexibility index (Phi) is 3.46. The number of hydrogen-bond acceptors (Lipinski definition) is 1. The van der Waals surface area contributed by atoms with Crippen LogP contribution in [0.25, 0.3) is 0 Å². The van der Waals surface area contributed by atoms with E-state index in [-0.39, 0.29) is 0 Å². The predicted molar refractivity (Wildman–Crippen MR) is 61.9 cm³/mol. The van der Waals surface area contributed by atoms with E-state index >= 15 is 0 Å². The quantitative estimate of drug-likeness (QED) is 0.728. The minimum atomic E-state index is 0.871. The normalized spacial score (nSPS) is 15.5. The van der Waals surface area contributed by atoms with E-state index < -0.39 is 0 Å². The zero-order valence-corrected chi connectivity index (χ0v) is 9.79. The second-order valence-corrected chi connectivity index (χ2v) is 4.42. The summed E-state index contributed by atoms with van der Waals surface area (Å²) in [5, 5.41) is 0.896. The number of alkyl halides is 1. The number of halogens is 1. The molecule has 0 heterocycles. The lowest BCUT2D eigenvalue weighted by Crippen LogP contribution is -1.98. The minimum absolute atomic E-state index is 0.871. The molecule has 0 radical (unpaired) electrons. The first-order valence-electron chi connectivity index (χ1n) is 5.16. The van der Waals surface area contributed by atoms with E-state index in [2.05, 4.69) is 28.1 Å². The third kappa shape index (κ3) is 3.02. The zero-order valence-electron chi connectivity index (χ0n) is 8.21. The second-order valence-electron chi connectivity index (χ2n) is 3.86. The van der Waals surface area contributed by atoms with Crippen molar-refractivity contribution in [2.75, 3.05) is 6.61 Å². The van der Waals surface area contributed by atoms with Crippen LogP contribution in [0.5, 0.6) is 5.75 Å². The first-order valence-corrected chi connectivity index (χ1v) is 6.28. The molecular formula is C12H15BrO. The first kappa shape index (κ1) is 10.0. The Bertz CT molecular complexity index is 294. The summed E-state index contributed by atoms with van der Waals surface area (Å²) in [4.78, 5) is 0. The number of rotatable bonds is 5. The second kappa shape index (κ2) is 4.83. The van der Waals surface area contributed by atoms with Gasteiger partial charge in [-0.15, -0.1) is 0 Å². The molecule has 0 amide bonds. The molecule has 1 aromatic carbocycles. The van der Waals surface area contributed by atoms with E-state index in [1.54, 1.807) is 0 Å². The average Bonchev–Trinajstić information content (AvgIpc) is 3.02. The van der Waals surface area contributed by atoms with Gasteiger partial charge in [0, 0.05) is 5.33 Å². The fraction of sp³-hybridized carbons (Fsp3) is 0.500. The van der Waals surface area contributed by atoms with Gasteiger partial charge in [0.05, 0.1) is 6.61 Å². The molecule has 0 spiro atoms. The smallest absolute Gasteiger partial charge is 0.119 e. The molecule has 2 heteroatoms. The van der Waals surface area contributed by atoms with E-state index in [0.717, 1.165) is 23.6 Å². The molecule has 2 rings (SSSR count). The van der Waals surface area contributed by atoms with Gasteiger partial charge < -0.3 is 4.74 Å². The molecule has 0 N–H and O–H groups in total. The number of ether oxygens (including phenoxy) is 1. The Balaban J connectivity index is 1.81. The van der Waals surface area contributed by atoms with Gasteiger partial charge in [0.2, 0.25) is 0 Å². The summed E-state index contributed by atoms with van der Waals surface area (Å²) in [6, 6.07) is 8.27. The molecular weight excluding hydrogens is 240 g/mol. The lowest BCUT2D eigenvalue weighted by molar-refractivity contribution is 0.302. The van der Waals surface area contributed by atoms with E-state index in [9.17, 15) is 0 Å². The predicted octanol–water partition coefficient (Wildman–Crippen LogP) is 3.76. The van der Waals surface area contributed by atoms with E-state index in [4.69, 9.17) is 4.74 Å². The molecule has 1 saturated carbocycles. The fourth-order valence-corrected chi connectivity index (χ4v) is 1.82. The molecule has 1 aliphatic rings. The number of benzene rings is 1. The van der Waals surface area contributed by atoms with Crippen LogP contribution in [0, 0.1) is 5.92 Å². The molecule has 1 aromatic rings. The van der Waals surface area contributed by atoms with Crippen LogP contribution in [0.1, 0.15) is 24.8 Å². The van der Waals surface area contributed by atoms with Crippen molar-refractivity contribution in [3.05, 3.63) is 29.8 Å². The van der Waals surface area contributed by atoms with Crippen LogP contribution in [-0.4, -0.2) is 6.61 Å². The maximum atomic E-state index is 5.68. The average molecular weight is 255 g/mol. The van der Waals surface area contributed by atoms with Gasteiger partial charge in [0.1, 0.15) is 5.75 Å². The van der Waals surface area contributed by atoms with Gasteiger partial charge in [-0.2, -0.15) is 0 Å². The third-order valence-electron chi connectivity index (χ3n) is 2.54. The van der Waals surface area contributed by atoms with Gasteiger partial charge in [-0.3, -0.25) is 0 Å². The van der Waals surface area contributed by atoms with Crippen LogP contribution in [0.2, 0.25) is 0 Å². The molecule has 76 valence electrons. The zero-order chi connectivity index (χ0) is 9.80. The van der Waals surface area contributed by atoms with Gasteiger partial charge in [0.25, 0.3) is 0 Å². The van der Waals surface area contributed by atoms with Gasteiger partial charge >= 0.3 is 0 Å². The van der Waals surface area contributed by atoms with Crippen molar-refractivity contribution < 1.29 is 4.74 Å². The molecule has 0 aliphatic heterocycles. The molecule has 0 saturated heterocycles. The van der Waals surface area contributed by atoms with E-state index in [1.807, 2.05) is 12.1 Å². The van der Waals surface area contributed by atoms with Crippen LogP contribution in [0.4, 0.5) is 0 Å². The Morgan fingerprint density at radius 1 is 1.36 bits per heavy atom. The van der Waals surface area contributed by atoms with Crippen molar-refractivity contribution in [2.24, 2.45) is 5.92 Å². The summed E-state index contributed by atoms with van der Waals surface area (Å²) in [5.41, 5.74) is 1.27. The summed E-state index contributed by atoms with van der Waals surface area (Å²) in [6.45, 7) is 0.871. The molecule has 1 aliphatic carbocycles. The Morgan fingerprint density at radius 2 is 2.21 bits per heavy atom. The Morgan fingerprint density at radius 3 is 2.93 bits per heavy atom. The molecule has 0 unspecified atom stereocenters. The van der Waals surface area contributed by atoms with Crippen molar-refractivity contribution in [3.63, 3.8) is 0 Å². The largest absolute Gasteiger partial charge is 0.494 e. The SMILES string of the molecule is BrCc1cccc(OCCC2CC2)c1. The van der Waals surface area contributed by atoms with Gasteiger partial charge in [-0.25, -0.2) is 0 Å². The monoisotopic (exact) mass is 254 g/mol. The van der Waals surface area contributed by atoms with Crippen molar-refractivity contribution >= 4 is 15.9 Å². The van der Waals surface area contributed by atoms with E-state index in [0.29, 0.717) is 0 Å². The maximum absolute atomic E-state index is 5.68. The first-order chi connectivity index (χ1) is 6.88. The maximum Gasteiger partial charge on any atom is 0.119 e. The molecule has 0 atom stereocenters. The summed E-state index contributed by atoms with van der Waals surface area (Å²) >= 11 is 3.44. The summed E-state index contributed by atoms with van der Waals surface area (Å²) in [7, 11) is 0. The molecule has 14 heavy (non-hydrogen) atoms. The molecule has 0 bridgehead atoms. The Hall–Kier alpha value is -0.500. The third-order valence-corrected chi connectivity index (χ3v) is 3.19. The highest BCUT2D eigenvalue weighted by molar-refractivity contribution is 9.08. The summed E-state index contributed by atoms with van der Waals surface area (Å²) in [6.07, 6.45) is 4.04. The highest BCUT2D eigenvalue weighted by Gasteiger charge is 2.20. The highest BCUT2D eigenvalue weighted by Crippen LogP contribution is 2.32. The van der Waals surface area contributed by atoms with Gasteiger partial charge in [-0.1, -0.05) is 40.9 Å². The fourth-order valence-electron chi connectivity index (χ4n) is 1.47. The van der Waals surface area contributed by atoms with Crippen molar-refractivity contribution in [1.82, 2.24) is 0 Å². The topological polar surface area (TPSA) is 9.23 Å². The minimum Gasteiger partial charge on any atom is -0.494 e. The van der Waals surface area contributed by atoms with Crippen molar-refractivity contribution in [2.45, 2.75) is 24.6 Å². The van der Waals surface area contributed by atoms with Gasteiger partial charge in [-0.05, 0) is 30.0 Å². The standard InChI is InChI=1S/C12H15BrO/c13-9-11-2-1-3-12(8-11)14-7-6-10-4-5-10/h1-3,8,10H,4-7,9H2. The van der Waals surface area contributed by atoms with Crippen molar-refractivity contribution in [3.8, 4) is 5.75 Å². The van der Waals surface area contributed by atoms with Crippen LogP contribution in [0.3, 0.4) is 0 Å².